The van der Waals surface area contributed by atoms with Crippen molar-refractivity contribution in [3.8, 4) is 0 Å². The number of hydrogen-bond acceptors (Lipinski definition) is 8. The molecule has 1 saturated carbocycles. The molecule has 7 N–H and O–H groups in total. The maximum absolute atomic E-state index is 12.7. The van der Waals surface area contributed by atoms with Crippen molar-refractivity contribution in [3.63, 3.8) is 0 Å². The molecule has 2 atom stereocenters. The number of aromatic carboxylic acids is 1. The third kappa shape index (κ3) is 4.79. The van der Waals surface area contributed by atoms with Crippen molar-refractivity contribution in [2.24, 2.45) is 0 Å². The average Bonchev–Trinajstić information content (AvgIpc) is 3.22. The number of carbonyl (C=O) groups excluding carboxylic acids is 2. The third-order valence-corrected chi connectivity index (χ3v) is 6.76. The van der Waals surface area contributed by atoms with Crippen LogP contribution in [0.5, 0.6) is 0 Å². The van der Waals surface area contributed by atoms with Crippen molar-refractivity contribution >= 4 is 50.6 Å². The summed E-state index contributed by atoms with van der Waals surface area (Å²) in [4.78, 5) is 37.5. The maximum atomic E-state index is 12.7. The second-order valence-corrected chi connectivity index (χ2v) is 9.31. The lowest BCUT2D eigenvalue weighted by Crippen LogP contribution is -2.57. The van der Waals surface area contributed by atoms with Gasteiger partial charge in [-0.15, -0.1) is 11.3 Å². The molecule has 0 spiro atoms. The van der Waals surface area contributed by atoms with Crippen LogP contribution in [0.25, 0.3) is 10.1 Å². The molecule has 11 heteroatoms. The predicted octanol–water partition coefficient (Wildman–Crippen LogP) is 1.40. The van der Waals surface area contributed by atoms with E-state index in [0.717, 1.165) is 16.2 Å². The van der Waals surface area contributed by atoms with Crippen LogP contribution < -0.4 is 10.6 Å². The second-order valence-electron chi connectivity index (χ2n) is 8.23. The summed E-state index contributed by atoms with van der Waals surface area (Å²) in [6.45, 7) is 0. The number of aliphatic hydroxyl groups is 4. The molecule has 178 valence electrons. The van der Waals surface area contributed by atoms with Crippen LogP contribution in [0.4, 0.5) is 11.4 Å². The van der Waals surface area contributed by atoms with Gasteiger partial charge in [0.15, 0.2) is 0 Å². The Morgan fingerprint density at radius 2 is 1.53 bits per heavy atom. The van der Waals surface area contributed by atoms with E-state index in [9.17, 15) is 39.9 Å². The van der Waals surface area contributed by atoms with Crippen LogP contribution >= 0.6 is 11.3 Å². The fourth-order valence-electron chi connectivity index (χ4n) is 3.89. The summed E-state index contributed by atoms with van der Waals surface area (Å²) >= 11 is 1.27. The number of rotatable bonds is 5. The van der Waals surface area contributed by atoms with Crippen LogP contribution in [0.2, 0.25) is 0 Å². The highest BCUT2D eigenvalue weighted by Gasteiger charge is 2.48. The fraction of sp³-hybridized carbons (Fsp3) is 0.261. The van der Waals surface area contributed by atoms with Gasteiger partial charge in [-0.25, -0.2) is 4.79 Å². The predicted molar refractivity (Wildman–Crippen MR) is 124 cm³/mol. The van der Waals surface area contributed by atoms with Crippen LogP contribution in [0.1, 0.15) is 32.9 Å². The lowest BCUT2D eigenvalue weighted by Gasteiger charge is -2.39. The first-order valence-corrected chi connectivity index (χ1v) is 11.1. The minimum atomic E-state index is -2.20. The molecule has 2 amide bonds. The zero-order valence-electron chi connectivity index (χ0n) is 17.6. The van der Waals surface area contributed by atoms with Gasteiger partial charge in [-0.2, -0.15) is 0 Å². The largest absolute Gasteiger partial charge is 0.478 e. The number of carbonyl (C=O) groups is 3. The zero-order chi connectivity index (χ0) is 24.6. The smallest absolute Gasteiger partial charge is 0.335 e. The Morgan fingerprint density at radius 3 is 2.15 bits per heavy atom. The number of anilines is 2. The molecule has 2 aromatic carbocycles. The summed E-state index contributed by atoms with van der Waals surface area (Å²) < 4.78 is 0.912. The summed E-state index contributed by atoms with van der Waals surface area (Å²) in [7, 11) is 0. The van der Waals surface area contributed by atoms with Crippen LogP contribution in [0.15, 0.2) is 48.5 Å². The Hall–Kier alpha value is -3.35. The Balaban J connectivity index is 1.56. The van der Waals surface area contributed by atoms with E-state index in [0.29, 0.717) is 4.88 Å². The monoisotopic (exact) mass is 486 g/mol. The molecule has 0 saturated heterocycles. The molecule has 1 aliphatic rings. The Bertz CT molecular complexity index is 1230. The lowest BCUT2D eigenvalue weighted by molar-refractivity contribution is -0.168. The number of fused-ring (bicyclic) bond motifs is 1. The molecule has 10 nitrogen and oxygen atoms in total. The second kappa shape index (κ2) is 9.12. The number of amides is 2. The lowest BCUT2D eigenvalue weighted by atomic mass is 9.79. The fourth-order valence-corrected chi connectivity index (χ4v) is 4.85. The van der Waals surface area contributed by atoms with Crippen molar-refractivity contribution in [2.45, 2.75) is 36.8 Å². The molecule has 0 aliphatic heterocycles. The van der Waals surface area contributed by atoms with E-state index in [1.165, 1.54) is 23.5 Å². The molecule has 4 rings (SSSR count). The van der Waals surface area contributed by atoms with Gasteiger partial charge in [-0.05, 0) is 35.7 Å². The number of hydrogen-bond donors (Lipinski definition) is 7. The van der Waals surface area contributed by atoms with E-state index in [1.54, 1.807) is 6.07 Å². The van der Waals surface area contributed by atoms with E-state index in [2.05, 4.69) is 10.6 Å². The van der Waals surface area contributed by atoms with Gasteiger partial charge in [0.25, 0.3) is 11.8 Å². The highest BCUT2D eigenvalue weighted by Crippen LogP contribution is 2.31. The molecule has 3 aromatic rings. The summed E-state index contributed by atoms with van der Waals surface area (Å²) in [5.74, 6) is -2.77. The standard InChI is InChI=1S/C23H22N2O8S/c26-15-9-23(33,10-16(27)19(15)28)22(32)25-14-6-12(21(30)31)5-13(8-14)24-20(29)18-7-11-3-1-2-4-17(11)34-18/h1-8,15-16,19,26-28,33H,9-10H2,(H,24,29)(H,25,32)(H,30,31)/t15-,16-,19?,23?/m1/s1. The highest BCUT2D eigenvalue weighted by molar-refractivity contribution is 7.20. The van der Waals surface area contributed by atoms with Gasteiger partial charge in [0, 0.05) is 28.9 Å². The van der Waals surface area contributed by atoms with E-state index in [-0.39, 0.29) is 16.9 Å². The first-order chi connectivity index (χ1) is 16.1. The van der Waals surface area contributed by atoms with Crippen LogP contribution in [0, 0.1) is 0 Å². The molecule has 1 fully saturated rings. The normalized spacial score (nSPS) is 24.5. The van der Waals surface area contributed by atoms with Gasteiger partial charge in [0.2, 0.25) is 0 Å². The Kier molecular flexibility index (Phi) is 6.39. The first kappa shape index (κ1) is 23.8. The van der Waals surface area contributed by atoms with Gasteiger partial charge in [-0.1, -0.05) is 18.2 Å². The van der Waals surface area contributed by atoms with Crippen molar-refractivity contribution in [1.82, 2.24) is 0 Å². The van der Waals surface area contributed by atoms with E-state index >= 15 is 0 Å². The van der Waals surface area contributed by atoms with Gasteiger partial charge in [-0.3, -0.25) is 9.59 Å². The molecular formula is C23H22N2O8S. The minimum Gasteiger partial charge on any atom is -0.478 e. The Labute approximate surface area is 197 Å². The Morgan fingerprint density at radius 1 is 0.912 bits per heavy atom. The average molecular weight is 487 g/mol. The number of carboxylic acids is 1. The molecular weight excluding hydrogens is 464 g/mol. The molecule has 1 aliphatic carbocycles. The zero-order valence-corrected chi connectivity index (χ0v) is 18.5. The highest BCUT2D eigenvalue weighted by atomic mass is 32.1. The van der Waals surface area contributed by atoms with E-state index < -0.39 is 54.5 Å². The summed E-state index contributed by atoms with van der Waals surface area (Å²) in [5.41, 5.74) is -2.35. The first-order valence-electron chi connectivity index (χ1n) is 10.3. The van der Waals surface area contributed by atoms with E-state index in [1.807, 2.05) is 24.3 Å². The number of nitrogens with one attached hydrogen (secondary N) is 2. The summed E-state index contributed by atoms with van der Waals surface area (Å²) in [6, 6.07) is 12.8. The van der Waals surface area contributed by atoms with Gasteiger partial charge < -0.3 is 36.2 Å². The number of aliphatic hydroxyl groups excluding tert-OH is 3. The summed E-state index contributed by atoms with van der Waals surface area (Å²) in [6.07, 6.45) is -5.60. The SMILES string of the molecule is O=C(O)c1cc(NC(=O)c2cc3ccccc3s2)cc(NC(=O)C2(O)C[C@@H](O)C(O)[C@H](O)C2)c1. The van der Waals surface area contributed by atoms with Crippen molar-refractivity contribution in [3.05, 3.63) is 59.0 Å². The minimum absolute atomic E-state index is 0.0277. The summed E-state index contributed by atoms with van der Waals surface area (Å²) in [5, 5.41) is 55.3. The maximum Gasteiger partial charge on any atom is 0.335 e. The van der Waals surface area contributed by atoms with Crippen LogP contribution in [0.3, 0.4) is 0 Å². The molecule has 0 bridgehead atoms. The third-order valence-electron chi connectivity index (χ3n) is 5.65. The quantitative estimate of drug-likeness (QED) is 0.283. The number of benzene rings is 2. The van der Waals surface area contributed by atoms with E-state index in [4.69, 9.17) is 0 Å². The van der Waals surface area contributed by atoms with Gasteiger partial charge >= 0.3 is 5.97 Å². The van der Waals surface area contributed by atoms with Gasteiger partial charge in [0.05, 0.1) is 22.6 Å². The van der Waals surface area contributed by atoms with Gasteiger partial charge in [0.1, 0.15) is 11.7 Å². The number of thiophene rings is 1. The molecule has 34 heavy (non-hydrogen) atoms. The molecule has 1 aromatic heterocycles. The molecule has 0 unspecified atom stereocenters. The topological polar surface area (TPSA) is 176 Å². The van der Waals surface area contributed by atoms with Crippen LogP contribution in [-0.2, 0) is 4.79 Å². The van der Waals surface area contributed by atoms with Crippen LogP contribution in [-0.4, -0.2) is 67.2 Å². The number of carboxylic acid groups (broad SMARTS) is 1. The van der Waals surface area contributed by atoms with Crippen molar-refractivity contribution < 1.29 is 39.9 Å². The van der Waals surface area contributed by atoms with Crippen molar-refractivity contribution in [1.29, 1.82) is 0 Å². The molecule has 1 heterocycles. The van der Waals surface area contributed by atoms with Crippen molar-refractivity contribution in [2.75, 3.05) is 10.6 Å². The molecule has 0 radical (unpaired) electrons.